The van der Waals surface area contributed by atoms with Crippen LogP contribution in [0.15, 0.2) is 24.3 Å². The second-order valence-corrected chi connectivity index (χ2v) is 4.32. The summed E-state index contributed by atoms with van der Waals surface area (Å²) in [6.07, 6.45) is 3.06. The van der Waals surface area contributed by atoms with Gasteiger partial charge in [-0.2, -0.15) is 0 Å². The summed E-state index contributed by atoms with van der Waals surface area (Å²) in [5, 5.41) is 8.99. The van der Waals surface area contributed by atoms with Gasteiger partial charge in [0.15, 0.2) is 0 Å². The van der Waals surface area contributed by atoms with Crippen molar-refractivity contribution in [2.45, 2.75) is 25.3 Å². The van der Waals surface area contributed by atoms with E-state index in [1.165, 1.54) is 18.2 Å². The van der Waals surface area contributed by atoms with E-state index in [0.29, 0.717) is 12.1 Å². The molecule has 0 bridgehead atoms. The number of rotatable bonds is 4. The Morgan fingerprint density at radius 3 is 2.76 bits per heavy atom. The highest BCUT2D eigenvalue weighted by molar-refractivity contribution is 5.94. The van der Waals surface area contributed by atoms with Crippen molar-refractivity contribution in [2.24, 2.45) is 0 Å². The molecule has 0 saturated heterocycles. The fourth-order valence-corrected chi connectivity index (χ4v) is 2.04. The van der Waals surface area contributed by atoms with E-state index in [-0.39, 0.29) is 18.6 Å². The maximum absolute atomic E-state index is 13.1. The van der Waals surface area contributed by atoms with Gasteiger partial charge in [-0.15, -0.1) is 0 Å². The van der Waals surface area contributed by atoms with Crippen LogP contribution in [0.3, 0.4) is 0 Å². The van der Waals surface area contributed by atoms with Crippen LogP contribution in [0.4, 0.5) is 4.39 Å². The van der Waals surface area contributed by atoms with Gasteiger partial charge in [-0.05, 0) is 37.5 Å². The molecule has 1 aromatic rings. The normalized spacial score (nSPS) is 15.4. The first kappa shape index (κ1) is 12.0. The Balaban J connectivity index is 2.15. The van der Waals surface area contributed by atoms with Crippen molar-refractivity contribution in [3.05, 3.63) is 35.6 Å². The van der Waals surface area contributed by atoms with Crippen LogP contribution in [0.2, 0.25) is 0 Å². The Bertz CT molecular complexity index is 404. The molecule has 1 amide bonds. The molecule has 2 rings (SSSR count). The smallest absolute Gasteiger partial charge is 0.254 e. The lowest BCUT2D eigenvalue weighted by atomic mass is 9.91. The average Bonchev–Trinajstić information content (AvgIpc) is 2.25. The summed E-state index contributed by atoms with van der Waals surface area (Å²) in [5.41, 5.74) is 0.352. The lowest BCUT2D eigenvalue weighted by Crippen LogP contribution is -2.45. The molecule has 1 aromatic carbocycles. The van der Waals surface area contributed by atoms with Crippen molar-refractivity contribution in [2.75, 3.05) is 13.2 Å². The molecule has 17 heavy (non-hydrogen) atoms. The summed E-state index contributed by atoms with van der Waals surface area (Å²) >= 11 is 0. The van der Waals surface area contributed by atoms with E-state index in [0.717, 1.165) is 19.3 Å². The van der Waals surface area contributed by atoms with Crippen LogP contribution < -0.4 is 0 Å². The number of hydrogen-bond donors (Lipinski definition) is 1. The van der Waals surface area contributed by atoms with E-state index in [1.54, 1.807) is 11.0 Å². The Kier molecular flexibility index (Phi) is 3.74. The molecule has 0 aromatic heterocycles. The number of hydrogen-bond acceptors (Lipinski definition) is 2. The van der Waals surface area contributed by atoms with Crippen LogP contribution in [0.5, 0.6) is 0 Å². The largest absolute Gasteiger partial charge is 0.395 e. The summed E-state index contributed by atoms with van der Waals surface area (Å²) in [5.74, 6) is -0.600. The first-order valence-electron chi connectivity index (χ1n) is 5.90. The third kappa shape index (κ3) is 2.64. The summed E-state index contributed by atoms with van der Waals surface area (Å²) in [7, 11) is 0. The van der Waals surface area contributed by atoms with Crippen molar-refractivity contribution < 1.29 is 14.3 Å². The molecule has 3 nitrogen and oxygen atoms in total. The average molecular weight is 237 g/mol. The highest BCUT2D eigenvalue weighted by Gasteiger charge is 2.28. The SMILES string of the molecule is O=C(c1cccc(F)c1)N(CCO)C1CCC1. The van der Waals surface area contributed by atoms with Gasteiger partial charge in [-0.3, -0.25) is 4.79 Å². The number of carbonyl (C=O) groups is 1. The molecule has 0 heterocycles. The molecule has 0 aliphatic heterocycles. The number of amides is 1. The summed E-state index contributed by atoms with van der Waals surface area (Å²) in [6.45, 7) is 0.261. The highest BCUT2D eigenvalue weighted by Crippen LogP contribution is 2.26. The fraction of sp³-hybridized carbons (Fsp3) is 0.462. The predicted molar refractivity (Wildman–Crippen MR) is 62.2 cm³/mol. The van der Waals surface area contributed by atoms with Crippen LogP contribution in [0.25, 0.3) is 0 Å². The van der Waals surface area contributed by atoms with Gasteiger partial charge in [0.1, 0.15) is 5.82 Å². The second kappa shape index (κ2) is 5.27. The molecule has 1 fully saturated rings. The standard InChI is InChI=1S/C13H16FNO2/c14-11-4-1-3-10(9-11)13(17)15(7-8-16)12-5-2-6-12/h1,3-4,9,12,16H,2,5-8H2. The number of carbonyl (C=O) groups excluding carboxylic acids is 1. The number of aliphatic hydroxyl groups excluding tert-OH is 1. The predicted octanol–water partition coefficient (Wildman–Crippen LogP) is 1.81. The number of nitrogens with zero attached hydrogens (tertiary/aromatic N) is 1. The van der Waals surface area contributed by atoms with Gasteiger partial charge in [0.2, 0.25) is 0 Å². The fourth-order valence-electron chi connectivity index (χ4n) is 2.04. The molecular formula is C13H16FNO2. The van der Waals surface area contributed by atoms with Gasteiger partial charge in [-0.1, -0.05) is 6.07 Å². The first-order chi connectivity index (χ1) is 8.22. The monoisotopic (exact) mass is 237 g/mol. The third-order valence-corrected chi connectivity index (χ3v) is 3.19. The minimum absolute atomic E-state index is 0.0580. The van der Waals surface area contributed by atoms with Gasteiger partial charge in [0, 0.05) is 18.2 Å². The molecule has 0 atom stereocenters. The topological polar surface area (TPSA) is 40.5 Å². The number of aliphatic hydroxyl groups is 1. The maximum Gasteiger partial charge on any atom is 0.254 e. The molecule has 1 aliphatic carbocycles. The minimum atomic E-state index is -0.409. The molecule has 1 N–H and O–H groups in total. The Morgan fingerprint density at radius 1 is 1.47 bits per heavy atom. The summed E-state index contributed by atoms with van der Waals surface area (Å²) < 4.78 is 13.1. The number of halogens is 1. The zero-order valence-corrected chi connectivity index (χ0v) is 9.60. The maximum atomic E-state index is 13.1. The lowest BCUT2D eigenvalue weighted by Gasteiger charge is -2.37. The van der Waals surface area contributed by atoms with Crippen molar-refractivity contribution in [3.63, 3.8) is 0 Å². The van der Waals surface area contributed by atoms with Gasteiger partial charge in [-0.25, -0.2) is 4.39 Å². The van der Waals surface area contributed by atoms with Crippen molar-refractivity contribution in [1.29, 1.82) is 0 Å². The molecular weight excluding hydrogens is 221 g/mol. The van der Waals surface area contributed by atoms with E-state index in [4.69, 9.17) is 5.11 Å². The minimum Gasteiger partial charge on any atom is -0.395 e. The van der Waals surface area contributed by atoms with E-state index in [1.807, 2.05) is 0 Å². The second-order valence-electron chi connectivity index (χ2n) is 4.32. The van der Waals surface area contributed by atoms with E-state index >= 15 is 0 Å². The van der Waals surface area contributed by atoms with Crippen molar-refractivity contribution in [1.82, 2.24) is 4.90 Å². The van der Waals surface area contributed by atoms with Gasteiger partial charge in [0.25, 0.3) is 5.91 Å². The molecule has 0 spiro atoms. The molecule has 1 saturated carbocycles. The third-order valence-electron chi connectivity index (χ3n) is 3.19. The van der Waals surface area contributed by atoms with Crippen LogP contribution in [0.1, 0.15) is 29.6 Å². The quantitative estimate of drug-likeness (QED) is 0.867. The Labute approximate surface area is 99.9 Å². The zero-order chi connectivity index (χ0) is 12.3. The Hall–Kier alpha value is -1.42. The molecule has 1 aliphatic rings. The lowest BCUT2D eigenvalue weighted by molar-refractivity contribution is 0.0525. The van der Waals surface area contributed by atoms with Crippen LogP contribution in [0, 0.1) is 5.82 Å². The van der Waals surface area contributed by atoms with E-state index in [2.05, 4.69) is 0 Å². The Morgan fingerprint density at radius 2 is 2.24 bits per heavy atom. The van der Waals surface area contributed by atoms with Crippen molar-refractivity contribution in [3.8, 4) is 0 Å². The van der Waals surface area contributed by atoms with E-state index < -0.39 is 5.82 Å². The molecule has 0 radical (unpaired) electrons. The van der Waals surface area contributed by atoms with Crippen LogP contribution >= 0.6 is 0 Å². The first-order valence-corrected chi connectivity index (χ1v) is 5.90. The zero-order valence-electron chi connectivity index (χ0n) is 9.60. The molecule has 4 heteroatoms. The number of benzene rings is 1. The van der Waals surface area contributed by atoms with Crippen LogP contribution in [-0.2, 0) is 0 Å². The summed E-state index contributed by atoms with van der Waals surface area (Å²) in [4.78, 5) is 13.8. The van der Waals surface area contributed by atoms with Gasteiger partial charge >= 0.3 is 0 Å². The van der Waals surface area contributed by atoms with E-state index in [9.17, 15) is 9.18 Å². The van der Waals surface area contributed by atoms with Gasteiger partial charge in [0.05, 0.1) is 6.61 Å². The molecule has 92 valence electrons. The highest BCUT2D eigenvalue weighted by atomic mass is 19.1. The van der Waals surface area contributed by atoms with Crippen molar-refractivity contribution >= 4 is 5.91 Å². The molecule has 0 unspecified atom stereocenters. The summed E-state index contributed by atoms with van der Waals surface area (Å²) in [6, 6.07) is 5.90. The van der Waals surface area contributed by atoms with Gasteiger partial charge < -0.3 is 10.0 Å². The van der Waals surface area contributed by atoms with Crippen LogP contribution in [-0.4, -0.2) is 35.1 Å².